The molecule has 0 unspecified atom stereocenters. The molecule has 0 saturated carbocycles. The lowest BCUT2D eigenvalue weighted by Crippen LogP contribution is -2.36. The van der Waals surface area contributed by atoms with E-state index >= 15 is 0 Å². The molecule has 1 fully saturated rings. The first-order chi connectivity index (χ1) is 9.87. The van der Waals surface area contributed by atoms with E-state index in [2.05, 4.69) is 16.4 Å². The number of carbonyl (C=O) groups is 1. The number of rotatable bonds is 2. The van der Waals surface area contributed by atoms with Gasteiger partial charge in [-0.25, -0.2) is 9.78 Å². The van der Waals surface area contributed by atoms with Crippen LogP contribution in [0, 0.1) is 11.3 Å². The van der Waals surface area contributed by atoms with Gasteiger partial charge in [-0.05, 0) is 39.3 Å². The van der Waals surface area contributed by atoms with Crippen LogP contribution in [-0.2, 0) is 4.74 Å². The summed E-state index contributed by atoms with van der Waals surface area (Å²) in [5, 5.41) is 12.1. The minimum Gasteiger partial charge on any atom is -0.444 e. The number of amides is 1. The highest BCUT2D eigenvalue weighted by Crippen LogP contribution is 2.18. The molecule has 2 rings (SSSR count). The molecule has 1 aliphatic heterocycles. The number of hydrogen-bond donors (Lipinski definition) is 1. The van der Waals surface area contributed by atoms with Crippen molar-refractivity contribution in [3.05, 3.63) is 23.9 Å². The van der Waals surface area contributed by atoms with E-state index in [4.69, 9.17) is 10.00 Å². The van der Waals surface area contributed by atoms with Crippen LogP contribution in [0.2, 0.25) is 0 Å². The standard InChI is InChI=1S/C15H20N4O2/c1-15(2,3)21-14(20)19-7-5-12(10-19)18-13-8-11(9-16)4-6-17-13/h4,6,8,12H,5,7,10H2,1-3H3,(H,17,18)/t12-/m1/s1. The van der Waals surface area contributed by atoms with Gasteiger partial charge in [0, 0.05) is 25.3 Å². The molecule has 112 valence electrons. The smallest absolute Gasteiger partial charge is 0.410 e. The minimum absolute atomic E-state index is 0.124. The fourth-order valence-corrected chi connectivity index (χ4v) is 2.16. The number of ether oxygens (including phenoxy) is 1. The van der Waals surface area contributed by atoms with E-state index in [1.165, 1.54) is 0 Å². The maximum absolute atomic E-state index is 12.0. The Balaban J connectivity index is 1.91. The number of carbonyl (C=O) groups excluding carboxylic acids is 1. The average molecular weight is 288 g/mol. The molecule has 1 amide bonds. The van der Waals surface area contributed by atoms with Crippen molar-refractivity contribution in [1.29, 1.82) is 5.26 Å². The fourth-order valence-electron chi connectivity index (χ4n) is 2.16. The third-order valence-electron chi connectivity index (χ3n) is 3.08. The Bertz CT molecular complexity index is 560. The van der Waals surface area contributed by atoms with Crippen LogP contribution in [0.25, 0.3) is 0 Å². The normalized spacial score (nSPS) is 18.2. The van der Waals surface area contributed by atoms with E-state index in [-0.39, 0.29) is 12.1 Å². The lowest BCUT2D eigenvalue weighted by atomic mass is 10.2. The van der Waals surface area contributed by atoms with Crippen LogP contribution in [-0.4, -0.2) is 40.7 Å². The molecular weight excluding hydrogens is 268 g/mol. The van der Waals surface area contributed by atoms with Gasteiger partial charge in [0.15, 0.2) is 0 Å². The molecule has 0 radical (unpaired) electrons. The second kappa shape index (κ2) is 6.00. The van der Waals surface area contributed by atoms with Crippen LogP contribution in [0.4, 0.5) is 10.6 Å². The lowest BCUT2D eigenvalue weighted by molar-refractivity contribution is 0.0293. The molecule has 0 spiro atoms. The summed E-state index contributed by atoms with van der Waals surface area (Å²) in [5.74, 6) is 0.657. The number of aromatic nitrogens is 1. The number of likely N-dealkylation sites (tertiary alicyclic amines) is 1. The Morgan fingerprint density at radius 3 is 3.00 bits per heavy atom. The summed E-state index contributed by atoms with van der Waals surface area (Å²) < 4.78 is 5.36. The zero-order valence-corrected chi connectivity index (χ0v) is 12.6. The Kier molecular flexibility index (Phi) is 4.32. The minimum atomic E-state index is -0.481. The quantitative estimate of drug-likeness (QED) is 0.904. The van der Waals surface area contributed by atoms with E-state index in [9.17, 15) is 4.79 Å². The van der Waals surface area contributed by atoms with E-state index in [1.54, 1.807) is 23.2 Å². The SMILES string of the molecule is CC(C)(C)OC(=O)N1CC[C@@H](Nc2cc(C#N)ccn2)C1. The van der Waals surface area contributed by atoms with Gasteiger partial charge in [0.2, 0.25) is 0 Å². The van der Waals surface area contributed by atoms with Crippen LogP contribution >= 0.6 is 0 Å². The molecule has 1 aliphatic rings. The van der Waals surface area contributed by atoms with Crippen LogP contribution in [0.5, 0.6) is 0 Å². The fraction of sp³-hybridized carbons (Fsp3) is 0.533. The van der Waals surface area contributed by atoms with Gasteiger partial charge in [-0.15, -0.1) is 0 Å². The molecular formula is C15H20N4O2. The highest BCUT2D eigenvalue weighted by molar-refractivity contribution is 5.68. The third kappa shape index (κ3) is 4.35. The molecule has 0 aromatic carbocycles. The molecule has 0 bridgehead atoms. The van der Waals surface area contributed by atoms with E-state index in [1.807, 2.05) is 20.8 Å². The summed E-state index contributed by atoms with van der Waals surface area (Å²) in [4.78, 5) is 17.9. The third-order valence-corrected chi connectivity index (χ3v) is 3.08. The number of nitriles is 1. The van der Waals surface area contributed by atoms with Crippen molar-refractivity contribution in [2.75, 3.05) is 18.4 Å². The highest BCUT2D eigenvalue weighted by atomic mass is 16.6. The maximum atomic E-state index is 12.0. The van der Waals surface area contributed by atoms with Gasteiger partial charge in [-0.3, -0.25) is 0 Å². The van der Waals surface area contributed by atoms with E-state index in [0.717, 1.165) is 6.42 Å². The van der Waals surface area contributed by atoms with Gasteiger partial charge in [-0.1, -0.05) is 0 Å². The second-order valence-electron chi connectivity index (χ2n) is 6.10. The summed E-state index contributed by atoms with van der Waals surface area (Å²) in [5.41, 5.74) is 0.0835. The molecule has 1 aromatic heterocycles. The Morgan fingerprint density at radius 1 is 1.57 bits per heavy atom. The van der Waals surface area contributed by atoms with Crippen molar-refractivity contribution >= 4 is 11.9 Å². The molecule has 6 nitrogen and oxygen atoms in total. The number of nitrogens with one attached hydrogen (secondary N) is 1. The number of pyridine rings is 1. The molecule has 6 heteroatoms. The van der Waals surface area contributed by atoms with Crippen LogP contribution < -0.4 is 5.32 Å². The average Bonchev–Trinajstić information content (AvgIpc) is 2.85. The number of anilines is 1. The summed E-state index contributed by atoms with van der Waals surface area (Å²) in [6.07, 6.45) is 2.14. The van der Waals surface area contributed by atoms with Crippen molar-refractivity contribution in [3.8, 4) is 6.07 Å². The lowest BCUT2D eigenvalue weighted by Gasteiger charge is -2.24. The predicted molar refractivity (Wildman–Crippen MR) is 78.8 cm³/mol. The Labute approximate surface area is 124 Å². The zero-order valence-electron chi connectivity index (χ0n) is 12.6. The molecule has 1 aromatic rings. The van der Waals surface area contributed by atoms with Gasteiger partial charge in [-0.2, -0.15) is 5.26 Å². The maximum Gasteiger partial charge on any atom is 0.410 e. The van der Waals surface area contributed by atoms with Gasteiger partial charge in [0.25, 0.3) is 0 Å². The molecule has 1 atom stereocenters. The van der Waals surface area contributed by atoms with Crippen molar-refractivity contribution in [2.24, 2.45) is 0 Å². The molecule has 1 saturated heterocycles. The predicted octanol–water partition coefficient (Wildman–Crippen LogP) is 2.37. The summed E-state index contributed by atoms with van der Waals surface area (Å²) >= 11 is 0. The van der Waals surface area contributed by atoms with Gasteiger partial charge < -0.3 is 15.0 Å². The first-order valence-electron chi connectivity index (χ1n) is 6.98. The highest BCUT2D eigenvalue weighted by Gasteiger charge is 2.29. The van der Waals surface area contributed by atoms with Crippen LogP contribution in [0.1, 0.15) is 32.8 Å². The topological polar surface area (TPSA) is 78.2 Å². The molecule has 21 heavy (non-hydrogen) atoms. The second-order valence-corrected chi connectivity index (χ2v) is 6.10. The monoisotopic (exact) mass is 288 g/mol. The first-order valence-corrected chi connectivity index (χ1v) is 6.98. The van der Waals surface area contributed by atoms with E-state index < -0.39 is 5.60 Å². The van der Waals surface area contributed by atoms with Gasteiger partial charge >= 0.3 is 6.09 Å². The van der Waals surface area contributed by atoms with Crippen LogP contribution in [0.15, 0.2) is 18.3 Å². The van der Waals surface area contributed by atoms with Crippen molar-refractivity contribution < 1.29 is 9.53 Å². The molecule has 0 aliphatic carbocycles. The Morgan fingerprint density at radius 2 is 2.33 bits per heavy atom. The number of hydrogen-bond acceptors (Lipinski definition) is 5. The molecule has 1 N–H and O–H groups in total. The molecule has 2 heterocycles. The first kappa shape index (κ1) is 15.1. The van der Waals surface area contributed by atoms with Crippen molar-refractivity contribution in [1.82, 2.24) is 9.88 Å². The van der Waals surface area contributed by atoms with Gasteiger partial charge in [0.1, 0.15) is 11.4 Å². The largest absolute Gasteiger partial charge is 0.444 e. The summed E-state index contributed by atoms with van der Waals surface area (Å²) in [6, 6.07) is 5.57. The van der Waals surface area contributed by atoms with Crippen LogP contribution in [0.3, 0.4) is 0 Å². The number of nitrogens with zero attached hydrogens (tertiary/aromatic N) is 3. The van der Waals surface area contributed by atoms with Crippen molar-refractivity contribution in [3.63, 3.8) is 0 Å². The zero-order chi connectivity index (χ0) is 15.5. The van der Waals surface area contributed by atoms with Crippen molar-refractivity contribution in [2.45, 2.75) is 38.8 Å². The summed E-state index contributed by atoms with van der Waals surface area (Å²) in [7, 11) is 0. The Hall–Kier alpha value is -2.29. The van der Waals surface area contributed by atoms with Gasteiger partial charge in [0.05, 0.1) is 11.6 Å². The summed E-state index contributed by atoms with van der Waals surface area (Å²) in [6.45, 7) is 6.80. The van der Waals surface area contributed by atoms with E-state index in [0.29, 0.717) is 24.5 Å².